The van der Waals surface area contributed by atoms with Crippen molar-refractivity contribution in [3.05, 3.63) is 0 Å². The minimum atomic E-state index is -0.458. The van der Waals surface area contributed by atoms with E-state index in [-0.39, 0.29) is 18.4 Å². The van der Waals surface area contributed by atoms with Crippen LogP contribution >= 0.6 is 0 Å². The summed E-state index contributed by atoms with van der Waals surface area (Å²) in [6.07, 6.45) is 2.68. The lowest BCUT2D eigenvalue weighted by atomic mass is 9.96. The van der Waals surface area contributed by atoms with Gasteiger partial charge in [-0.2, -0.15) is 0 Å². The van der Waals surface area contributed by atoms with Gasteiger partial charge in [0.15, 0.2) is 0 Å². The number of nitrogens with zero attached hydrogens (tertiary/aromatic N) is 2. The minimum absolute atomic E-state index is 0.00867. The molecule has 2 rings (SSSR count). The Morgan fingerprint density at radius 3 is 2.41 bits per heavy atom. The molecule has 2 heterocycles. The molecule has 1 unspecified atom stereocenters. The first-order valence-corrected chi connectivity index (χ1v) is 8.26. The zero-order valence-corrected chi connectivity index (χ0v) is 14.1. The van der Waals surface area contributed by atoms with Gasteiger partial charge >= 0.3 is 0 Å². The van der Waals surface area contributed by atoms with Crippen molar-refractivity contribution < 1.29 is 14.3 Å². The molecule has 126 valence electrons. The number of rotatable bonds is 4. The molecule has 2 fully saturated rings. The fourth-order valence-electron chi connectivity index (χ4n) is 2.79. The molecular formula is C16H29N3O3. The van der Waals surface area contributed by atoms with E-state index in [4.69, 9.17) is 4.74 Å². The molecule has 6 heteroatoms. The lowest BCUT2D eigenvalue weighted by molar-refractivity contribution is -0.136. The maximum Gasteiger partial charge on any atom is 0.242 e. The van der Waals surface area contributed by atoms with E-state index in [9.17, 15) is 9.59 Å². The fraction of sp³-hybridized carbons (Fsp3) is 0.875. The number of ether oxygens (including phenoxy) is 1. The van der Waals surface area contributed by atoms with Gasteiger partial charge in [-0.1, -0.05) is 20.8 Å². The average molecular weight is 311 g/mol. The maximum absolute atomic E-state index is 12.1. The SMILES string of the molecule is CC(C)(C)C(=O)NCC(=O)N1CCN(CC2CCCO2)CC1. The quantitative estimate of drug-likeness (QED) is 0.820. The van der Waals surface area contributed by atoms with Crippen LogP contribution in [0.3, 0.4) is 0 Å². The van der Waals surface area contributed by atoms with E-state index in [0.29, 0.717) is 6.10 Å². The van der Waals surface area contributed by atoms with Crippen LogP contribution in [0.5, 0.6) is 0 Å². The highest BCUT2D eigenvalue weighted by molar-refractivity contribution is 5.87. The Morgan fingerprint density at radius 2 is 1.86 bits per heavy atom. The van der Waals surface area contributed by atoms with E-state index >= 15 is 0 Å². The van der Waals surface area contributed by atoms with Crippen LogP contribution in [-0.2, 0) is 14.3 Å². The van der Waals surface area contributed by atoms with Crippen molar-refractivity contribution in [2.24, 2.45) is 5.41 Å². The van der Waals surface area contributed by atoms with Gasteiger partial charge in [0, 0.05) is 44.7 Å². The predicted molar refractivity (Wildman–Crippen MR) is 84.5 cm³/mol. The molecule has 0 aromatic heterocycles. The molecule has 0 radical (unpaired) electrons. The maximum atomic E-state index is 12.1. The van der Waals surface area contributed by atoms with Crippen LogP contribution in [0, 0.1) is 5.41 Å². The van der Waals surface area contributed by atoms with Crippen molar-refractivity contribution in [1.29, 1.82) is 0 Å². The van der Waals surface area contributed by atoms with Gasteiger partial charge in [-0.15, -0.1) is 0 Å². The summed E-state index contributed by atoms with van der Waals surface area (Å²) in [6, 6.07) is 0. The largest absolute Gasteiger partial charge is 0.377 e. The summed E-state index contributed by atoms with van der Waals surface area (Å²) >= 11 is 0. The van der Waals surface area contributed by atoms with E-state index in [0.717, 1.165) is 52.2 Å². The van der Waals surface area contributed by atoms with Crippen LogP contribution in [-0.4, -0.2) is 73.6 Å². The fourth-order valence-corrected chi connectivity index (χ4v) is 2.79. The molecule has 6 nitrogen and oxygen atoms in total. The summed E-state index contributed by atoms with van der Waals surface area (Å²) in [5.74, 6) is -0.0766. The summed E-state index contributed by atoms with van der Waals surface area (Å²) < 4.78 is 5.66. The first-order chi connectivity index (χ1) is 10.4. The van der Waals surface area contributed by atoms with Crippen molar-refractivity contribution in [3.8, 4) is 0 Å². The second kappa shape index (κ2) is 7.42. The van der Waals surface area contributed by atoms with Gasteiger partial charge in [0.1, 0.15) is 0 Å². The standard InChI is InChI=1S/C16H29N3O3/c1-16(2,3)15(21)17-11-14(20)19-8-6-18(7-9-19)12-13-5-4-10-22-13/h13H,4-12H2,1-3H3,(H,17,21). The Kier molecular flexibility index (Phi) is 5.81. The predicted octanol–water partition coefficient (Wildman–Crippen LogP) is 0.472. The molecule has 0 aromatic rings. The van der Waals surface area contributed by atoms with Gasteiger partial charge < -0.3 is 15.0 Å². The molecule has 1 N–H and O–H groups in total. The zero-order valence-electron chi connectivity index (χ0n) is 14.1. The number of carbonyl (C=O) groups is 2. The first kappa shape index (κ1) is 17.2. The van der Waals surface area contributed by atoms with Gasteiger partial charge in [0.25, 0.3) is 0 Å². The number of hydrogen-bond donors (Lipinski definition) is 1. The van der Waals surface area contributed by atoms with E-state index in [1.807, 2.05) is 25.7 Å². The Balaban J connectivity index is 1.67. The van der Waals surface area contributed by atoms with Crippen molar-refractivity contribution in [2.75, 3.05) is 45.9 Å². The lowest BCUT2D eigenvalue weighted by Gasteiger charge is -2.35. The Hall–Kier alpha value is -1.14. The topological polar surface area (TPSA) is 61.9 Å². The smallest absolute Gasteiger partial charge is 0.242 e. The van der Waals surface area contributed by atoms with Crippen LogP contribution in [0.2, 0.25) is 0 Å². The number of piperazine rings is 1. The van der Waals surface area contributed by atoms with Gasteiger partial charge in [-0.25, -0.2) is 0 Å². The normalized spacial score (nSPS) is 23.6. The van der Waals surface area contributed by atoms with Crippen molar-refractivity contribution in [1.82, 2.24) is 15.1 Å². The van der Waals surface area contributed by atoms with Crippen LogP contribution in [0.25, 0.3) is 0 Å². The third-order valence-electron chi connectivity index (χ3n) is 4.29. The molecule has 2 amide bonds. The molecule has 0 aliphatic carbocycles. The molecule has 2 aliphatic rings. The molecule has 0 spiro atoms. The van der Waals surface area contributed by atoms with Gasteiger partial charge in [-0.3, -0.25) is 14.5 Å². The van der Waals surface area contributed by atoms with Gasteiger partial charge in [0.05, 0.1) is 12.6 Å². The van der Waals surface area contributed by atoms with E-state index < -0.39 is 5.41 Å². The van der Waals surface area contributed by atoms with E-state index in [1.165, 1.54) is 0 Å². The summed E-state index contributed by atoms with van der Waals surface area (Å²) in [4.78, 5) is 28.2. The lowest BCUT2D eigenvalue weighted by Crippen LogP contribution is -2.52. The van der Waals surface area contributed by atoms with Crippen molar-refractivity contribution in [2.45, 2.75) is 39.7 Å². The van der Waals surface area contributed by atoms with E-state index in [2.05, 4.69) is 10.2 Å². The zero-order chi connectivity index (χ0) is 16.2. The summed E-state index contributed by atoms with van der Waals surface area (Å²) in [6.45, 7) is 10.7. The molecule has 1 atom stereocenters. The summed E-state index contributed by atoms with van der Waals surface area (Å²) in [5, 5.41) is 2.73. The van der Waals surface area contributed by atoms with Crippen LogP contribution in [0.1, 0.15) is 33.6 Å². The molecule has 0 aromatic carbocycles. The molecule has 0 bridgehead atoms. The third-order valence-corrected chi connectivity index (χ3v) is 4.29. The molecule has 2 saturated heterocycles. The highest BCUT2D eigenvalue weighted by Crippen LogP contribution is 2.15. The monoisotopic (exact) mass is 311 g/mol. The Labute approximate surface area is 133 Å². The summed E-state index contributed by atoms with van der Waals surface area (Å²) in [5.41, 5.74) is -0.458. The van der Waals surface area contributed by atoms with Crippen molar-refractivity contribution in [3.63, 3.8) is 0 Å². The second-order valence-corrected chi connectivity index (χ2v) is 7.25. The molecule has 0 saturated carbocycles. The minimum Gasteiger partial charge on any atom is -0.377 e. The molecular weight excluding hydrogens is 282 g/mol. The highest BCUT2D eigenvalue weighted by atomic mass is 16.5. The third kappa shape index (κ3) is 4.95. The number of amides is 2. The van der Waals surface area contributed by atoms with Gasteiger partial charge in [0.2, 0.25) is 11.8 Å². The second-order valence-electron chi connectivity index (χ2n) is 7.25. The molecule has 22 heavy (non-hydrogen) atoms. The first-order valence-electron chi connectivity index (χ1n) is 8.26. The van der Waals surface area contributed by atoms with Crippen LogP contribution < -0.4 is 5.32 Å². The number of carbonyl (C=O) groups excluding carboxylic acids is 2. The summed E-state index contributed by atoms with van der Waals surface area (Å²) in [7, 11) is 0. The number of hydrogen-bond acceptors (Lipinski definition) is 4. The molecule has 2 aliphatic heterocycles. The Morgan fingerprint density at radius 1 is 1.18 bits per heavy atom. The average Bonchev–Trinajstić information content (AvgIpc) is 2.97. The Bertz CT molecular complexity index is 392. The number of nitrogens with one attached hydrogen (secondary N) is 1. The van der Waals surface area contributed by atoms with Gasteiger partial charge in [-0.05, 0) is 12.8 Å². The highest BCUT2D eigenvalue weighted by Gasteiger charge is 2.26. The van der Waals surface area contributed by atoms with Crippen molar-refractivity contribution >= 4 is 11.8 Å². The van der Waals surface area contributed by atoms with Crippen LogP contribution in [0.15, 0.2) is 0 Å². The van der Waals surface area contributed by atoms with E-state index in [1.54, 1.807) is 0 Å². The van der Waals surface area contributed by atoms with Crippen LogP contribution in [0.4, 0.5) is 0 Å².